The van der Waals surface area contributed by atoms with Crippen LogP contribution in [-0.4, -0.2) is 53.7 Å². The Morgan fingerprint density at radius 2 is 1.53 bits per heavy atom. The van der Waals surface area contributed by atoms with E-state index < -0.39 is 0 Å². The zero-order valence-electron chi connectivity index (χ0n) is 10.3. The summed E-state index contributed by atoms with van der Waals surface area (Å²) in [6, 6.07) is 12.2. The molecule has 84 valence electrons. The molecule has 1 rings (SSSR count). The lowest BCUT2D eigenvalue weighted by atomic mass is 10.4. The first-order valence-electron chi connectivity index (χ1n) is 5.48. The van der Waals surface area contributed by atoms with Crippen molar-refractivity contribution in [1.29, 1.82) is 0 Å². The Bertz CT molecular complexity index is 264. The molecule has 0 saturated carbocycles. The van der Waals surface area contributed by atoms with Crippen LogP contribution in [-0.2, 0) is 0 Å². The number of hydrogen-bond acceptors (Lipinski definition) is 2. The molecule has 2 nitrogen and oxygen atoms in total. The van der Waals surface area contributed by atoms with Gasteiger partial charge in [0, 0.05) is 0 Å². The summed E-state index contributed by atoms with van der Waals surface area (Å²) in [6.45, 7) is 0. The molecular formula is C12H22N2Si. The third-order valence-corrected chi connectivity index (χ3v) is 4.58. The van der Waals surface area contributed by atoms with Crippen molar-refractivity contribution in [3.63, 3.8) is 0 Å². The number of nitrogens with zero attached hydrogens (tertiary/aromatic N) is 2. The van der Waals surface area contributed by atoms with Gasteiger partial charge in [0.2, 0.25) is 0 Å². The topological polar surface area (TPSA) is 6.48 Å². The van der Waals surface area contributed by atoms with Crippen LogP contribution < -0.4 is 5.19 Å². The number of hydrogen-bond donors (Lipinski definition) is 0. The van der Waals surface area contributed by atoms with Gasteiger partial charge >= 0.3 is 0 Å². The zero-order chi connectivity index (χ0) is 11.3. The van der Waals surface area contributed by atoms with E-state index in [4.69, 9.17) is 0 Å². The van der Waals surface area contributed by atoms with E-state index in [0.29, 0.717) is 6.17 Å². The van der Waals surface area contributed by atoms with Gasteiger partial charge in [-0.15, -0.1) is 0 Å². The van der Waals surface area contributed by atoms with Crippen molar-refractivity contribution in [2.45, 2.75) is 12.2 Å². The Morgan fingerprint density at radius 3 is 2.00 bits per heavy atom. The Morgan fingerprint density at radius 1 is 1.00 bits per heavy atom. The SMILES string of the molecule is CN(C)C(C[SiH2]c1ccccc1)N(C)C. The minimum Gasteiger partial charge on any atom is -0.294 e. The van der Waals surface area contributed by atoms with Crippen LogP contribution in [0.25, 0.3) is 0 Å². The molecule has 0 saturated heterocycles. The summed E-state index contributed by atoms with van der Waals surface area (Å²) in [5, 5.41) is 1.56. The fraction of sp³-hybridized carbons (Fsp3) is 0.500. The molecule has 0 aliphatic heterocycles. The van der Waals surface area contributed by atoms with Crippen molar-refractivity contribution in [3.05, 3.63) is 30.3 Å². The first-order valence-corrected chi connectivity index (χ1v) is 7.18. The molecule has 0 aromatic heterocycles. The van der Waals surface area contributed by atoms with E-state index in [0.717, 1.165) is 0 Å². The van der Waals surface area contributed by atoms with Crippen molar-refractivity contribution in [1.82, 2.24) is 9.80 Å². The maximum absolute atomic E-state index is 2.30. The van der Waals surface area contributed by atoms with E-state index in [1.807, 2.05) is 0 Å². The van der Waals surface area contributed by atoms with Gasteiger partial charge in [-0.25, -0.2) is 0 Å². The van der Waals surface area contributed by atoms with Gasteiger partial charge in [0.05, 0.1) is 15.7 Å². The van der Waals surface area contributed by atoms with E-state index in [-0.39, 0.29) is 9.52 Å². The second kappa shape index (κ2) is 6.05. The Kier molecular flexibility index (Phi) is 5.01. The van der Waals surface area contributed by atoms with Gasteiger partial charge in [-0.05, 0) is 34.2 Å². The van der Waals surface area contributed by atoms with Crippen LogP contribution in [0, 0.1) is 0 Å². The molecule has 0 amide bonds. The number of rotatable bonds is 5. The molecule has 15 heavy (non-hydrogen) atoms. The molecule has 0 N–H and O–H groups in total. The predicted octanol–water partition coefficient (Wildman–Crippen LogP) is 0.348. The lowest BCUT2D eigenvalue weighted by Gasteiger charge is -2.30. The summed E-state index contributed by atoms with van der Waals surface area (Å²) in [7, 11) is 8.50. The second-order valence-corrected chi connectivity index (χ2v) is 6.33. The molecule has 0 aliphatic rings. The quantitative estimate of drug-likeness (QED) is 0.524. The molecule has 0 fully saturated rings. The average Bonchev–Trinajstić information content (AvgIpc) is 2.18. The maximum Gasteiger partial charge on any atom is 0.0586 e. The van der Waals surface area contributed by atoms with E-state index in [2.05, 4.69) is 68.3 Å². The van der Waals surface area contributed by atoms with Crippen molar-refractivity contribution >= 4 is 14.7 Å². The van der Waals surface area contributed by atoms with Crippen LogP contribution >= 0.6 is 0 Å². The van der Waals surface area contributed by atoms with Gasteiger partial charge in [0.25, 0.3) is 0 Å². The summed E-state index contributed by atoms with van der Waals surface area (Å²) in [5.41, 5.74) is 0. The molecule has 0 bridgehead atoms. The molecule has 0 radical (unpaired) electrons. The lowest BCUT2D eigenvalue weighted by molar-refractivity contribution is 0.147. The molecule has 3 heteroatoms. The first-order chi connectivity index (χ1) is 7.11. The van der Waals surface area contributed by atoms with Crippen LogP contribution in [0.15, 0.2) is 30.3 Å². The third-order valence-electron chi connectivity index (χ3n) is 2.73. The highest BCUT2D eigenvalue weighted by atomic mass is 28.2. The zero-order valence-corrected chi connectivity index (χ0v) is 11.7. The molecule has 0 spiro atoms. The van der Waals surface area contributed by atoms with E-state index >= 15 is 0 Å². The highest BCUT2D eigenvalue weighted by Gasteiger charge is 2.13. The van der Waals surface area contributed by atoms with Crippen molar-refractivity contribution in [2.75, 3.05) is 28.2 Å². The molecule has 0 aliphatic carbocycles. The third kappa shape index (κ3) is 4.16. The van der Waals surface area contributed by atoms with Gasteiger partial charge in [0.15, 0.2) is 0 Å². The summed E-state index contributed by atoms with van der Waals surface area (Å²) in [4.78, 5) is 4.60. The summed E-state index contributed by atoms with van der Waals surface area (Å²) in [5.74, 6) is 0. The molecular weight excluding hydrogens is 200 g/mol. The molecule has 0 heterocycles. The molecule has 1 aromatic rings. The minimum absolute atomic E-state index is 0.128. The maximum atomic E-state index is 2.30. The van der Waals surface area contributed by atoms with E-state index in [1.54, 1.807) is 5.19 Å². The highest BCUT2D eigenvalue weighted by Crippen LogP contribution is 2.02. The lowest BCUT2D eigenvalue weighted by Crippen LogP contribution is -2.42. The van der Waals surface area contributed by atoms with Gasteiger partial charge in [0.1, 0.15) is 0 Å². The smallest absolute Gasteiger partial charge is 0.0586 e. The van der Waals surface area contributed by atoms with Gasteiger partial charge in [-0.2, -0.15) is 0 Å². The van der Waals surface area contributed by atoms with Crippen LogP contribution in [0.2, 0.25) is 6.04 Å². The van der Waals surface area contributed by atoms with Crippen LogP contribution in [0.1, 0.15) is 0 Å². The average molecular weight is 222 g/mol. The molecule has 0 atom stereocenters. The normalized spacial score (nSPS) is 12.5. The van der Waals surface area contributed by atoms with Gasteiger partial charge < -0.3 is 0 Å². The highest BCUT2D eigenvalue weighted by molar-refractivity contribution is 6.53. The minimum atomic E-state index is -0.128. The van der Waals surface area contributed by atoms with E-state index in [1.165, 1.54) is 6.04 Å². The van der Waals surface area contributed by atoms with Crippen molar-refractivity contribution in [3.8, 4) is 0 Å². The van der Waals surface area contributed by atoms with Crippen LogP contribution in [0.4, 0.5) is 0 Å². The summed E-state index contributed by atoms with van der Waals surface area (Å²) in [6.07, 6.45) is 0.580. The van der Waals surface area contributed by atoms with Gasteiger partial charge in [-0.3, -0.25) is 9.80 Å². The molecule has 1 aromatic carbocycles. The largest absolute Gasteiger partial charge is 0.294 e. The van der Waals surface area contributed by atoms with Crippen LogP contribution in [0.5, 0.6) is 0 Å². The second-order valence-electron chi connectivity index (χ2n) is 4.43. The fourth-order valence-electron chi connectivity index (χ4n) is 1.92. The fourth-order valence-corrected chi connectivity index (χ4v) is 4.15. The molecule has 0 unspecified atom stereocenters. The number of benzene rings is 1. The summed E-state index contributed by atoms with van der Waals surface area (Å²) >= 11 is 0. The van der Waals surface area contributed by atoms with E-state index in [9.17, 15) is 0 Å². The van der Waals surface area contributed by atoms with Gasteiger partial charge in [-0.1, -0.05) is 35.5 Å². The van der Waals surface area contributed by atoms with Crippen LogP contribution in [0.3, 0.4) is 0 Å². The Labute approximate surface area is 95.7 Å². The predicted molar refractivity (Wildman–Crippen MR) is 70.6 cm³/mol. The summed E-state index contributed by atoms with van der Waals surface area (Å²) < 4.78 is 0. The van der Waals surface area contributed by atoms with Crippen molar-refractivity contribution < 1.29 is 0 Å². The first kappa shape index (κ1) is 12.4. The Balaban J connectivity index is 2.47. The monoisotopic (exact) mass is 222 g/mol. The Hall–Kier alpha value is -0.643. The standard InChI is InChI=1S/C12H22N2Si/c1-13(2)12(14(3)4)10-15-11-8-6-5-7-9-11/h5-9,12H,10,15H2,1-4H3. The van der Waals surface area contributed by atoms with Crippen molar-refractivity contribution in [2.24, 2.45) is 0 Å².